The van der Waals surface area contributed by atoms with Crippen molar-refractivity contribution in [2.45, 2.75) is 19.0 Å². The highest BCUT2D eigenvalue weighted by Gasteiger charge is 2.43. The van der Waals surface area contributed by atoms with Crippen LogP contribution in [-0.2, 0) is 0 Å². The van der Waals surface area contributed by atoms with Crippen LogP contribution in [0.25, 0.3) is 0 Å². The summed E-state index contributed by atoms with van der Waals surface area (Å²) in [5.74, 6) is -1.73. The number of halogens is 6. The van der Waals surface area contributed by atoms with Crippen LogP contribution in [0, 0.1) is 5.92 Å². The molecule has 0 radical (unpaired) electrons. The lowest BCUT2D eigenvalue weighted by molar-refractivity contribution is -0.275. The molecule has 27 heavy (non-hydrogen) atoms. The molecule has 1 atom stereocenters. The van der Waals surface area contributed by atoms with Crippen LogP contribution in [0.1, 0.15) is 6.42 Å². The van der Waals surface area contributed by atoms with Crippen molar-refractivity contribution in [1.29, 1.82) is 0 Å². The molecule has 0 aliphatic carbocycles. The van der Waals surface area contributed by atoms with Crippen LogP contribution in [0.5, 0.6) is 17.2 Å². The van der Waals surface area contributed by atoms with Crippen LogP contribution in [0.2, 0.25) is 0 Å². The van der Waals surface area contributed by atoms with Crippen LogP contribution in [0.3, 0.4) is 0 Å². The monoisotopic (exact) mass is 391 g/mol. The van der Waals surface area contributed by atoms with Crippen molar-refractivity contribution in [2.24, 2.45) is 5.92 Å². The van der Waals surface area contributed by atoms with Gasteiger partial charge in [-0.3, -0.25) is 0 Å². The summed E-state index contributed by atoms with van der Waals surface area (Å²) < 4.78 is 85.0. The third-order valence-electron chi connectivity index (χ3n) is 4.16. The van der Waals surface area contributed by atoms with Gasteiger partial charge in [0.25, 0.3) is 0 Å². The number of anilines is 1. The predicted molar refractivity (Wildman–Crippen MR) is 86.0 cm³/mol. The lowest BCUT2D eigenvalue weighted by Crippen LogP contribution is -2.27. The maximum absolute atomic E-state index is 12.8. The number of rotatable bonds is 4. The second kappa shape index (κ2) is 7.21. The number of hydrogen-bond donors (Lipinski definition) is 0. The summed E-state index contributed by atoms with van der Waals surface area (Å²) >= 11 is 0. The Morgan fingerprint density at radius 2 is 1.48 bits per heavy atom. The van der Waals surface area contributed by atoms with Crippen LogP contribution in [0.15, 0.2) is 48.5 Å². The first-order valence-electron chi connectivity index (χ1n) is 8.06. The molecule has 1 unspecified atom stereocenters. The summed E-state index contributed by atoms with van der Waals surface area (Å²) in [7, 11) is 0. The number of nitrogens with zero attached hydrogens (tertiary/aromatic N) is 1. The molecule has 1 aliphatic rings. The quantitative estimate of drug-likeness (QED) is 0.618. The lowest BCUT2D eigenvalue weighted by Gasteiger charge is -2.20. The van der Waals surface area contributed by atoms with Crippen LogP contribution in [-0.4, -0.2) is 25.6 Å². The summed E-state index contributed by atoms with van der Waals surface area (Å²) in [6.07, 6.45) is -9.04. The van der Waals surface area contributed by atoms with Crippen molar-refractivity contribution in [3.63, 3.8) is 0 Å². The van der Waals surface area contributed by atoms with Crippen molar-refractivity contribution in [3.05, 3.63) is 48.5 Å². The zero-order valence-corrected chi connectivity index (χ0v) is 13.8. The molecule has 0 bridgehead atoms. The molecule has 0 aromatic heterocycles. The number of para-hydroxylation sites is 2. The maximum Gasteiger partial charge on any atom is 0.573 e. The molecule has 9 heteroatoms. The number of hydrogen-bond acceptors (Lipinski definition) is 3. The first-order chi connectivity index (χ1) is 12.6. The SMILES string of the molecule is FC(F)(F)Oc1ccccc1Oc1ccc(N2CCC(C(F)(F)F)C2)cc1. The minimum Gasteiger partial charge on any atom is -0.453 e. The van der Waals surface area contributed by atoms with Gasteiger partial charge in [-0.1, -0.05) is 12.1 Å². The first-order valence-corrected chi connectivity index (χ1v) is 8.06. The number of benzene rings is 2. The van der Waals surface area contributed by atoms with Gasteiger partial charge in [0.1, 0.15) is 5.75 Å². The third-order valence-corrected chi connectivity index (χ3v) is 4.16. The molecule has 2 aromatic carbocycles. The summed E-state index contributed by atoms with van der Waals surface area (Å²) in [6.45, 7) is 0.165. The van der Waals surface area contributed by atoms with E-state index < -0.39 is 24.2 Å². The van der Waals surface area contributed by atoms with E-state index in [2.05, 4.69) is 4.74 Å². The van der Waals surface area contributed by atoms with E-state index in [0.717, 1.165) is 6.07 Å². The average Bonchev–Trinajstić information content (AvgIpc) is 3.06. The van der Waals surface area contributed by atoms with Crippen LogP contribution in [0.4, 0.5) is 32.0 Å². The van der Waals surface area contributed by atoms with Gasteiger partial charge in [-0.15, -0.1) is 13.2 Å². The first kappa shape index (κ1) is 19.2. The Labute approximate surface area is 151 Å². The average molecular weight is 391 g/mol. The maximum atomic E-state index is 12.8. The zero-order chi connectivity index (χ0) is 19.7. The van der Waals surface area contributed by atoms with E-state index in [1.807, 2.05) is 0 Å². The van der Waals surface area contributed by atoms with E-state index in [1.165, 1.54) is 30.3 Å². The van der Waals surface area contributed by atoms with Gasteiger partial charge in [0.15, 0.2) is 11.5 Å². The van der Waals surface area contributed by atoms with Crippen LogP contribution >= 0.6 is 0 Å². The molecule has 0 amide bonds. The minimum atomic E-state index is -4.85. The summed E-state index contributed by atoms with van der Waals surface area (Å²) in [5, 5.41) is 0. The summed E-state index contributed by atoms with van der Waals surface area (Å²) in [6, 6.07) is 11.4. The van der Waals surface area contributed by atoms with Gasteiger partial charge in [-0.05, 0) is 42.8 Å². The lowest BCUT2D eigenvalue weighted by atomic mass is 10.1. The molecule has 1 heterocycles. The van der Waals surface area contributed by atoms with Crippen molar-refractivity contribution < 1.29 is 35.8 Å². The van der Waals surface area contributed by atoms with Crippen LogP contribution < -0.4 is 14.4 Å². The fourth-order valence-electron chi connectivity index (χ4n) is 2.86. The summed E-state index contributed by atoms with van der Waals surface area (Å²) in [5.41, 5.74) is 0.592. The van der Waals surface area contributed by atoms with Gasteiger partial charge in [0, 0.05) is 18.8 Å². The van der Waals surface area contributed by atoms with Crippen molar-refractivity contribution in [1.82, 2.24) is 0 Å². The van der Waals surface area contributed by atoms with Gasteiger partial charge in [0.2, 0.25) is 0 Å². The molecule has 0 saturated carbocycles. The fraction of sp³-hybridized carbons (Fsp3) is 0.333. The van der Waals surface area contributed by atoms with E-state index in [1.54, 1.807) is 17.0 Å². The molecule has 3 rings (SSSR count). The van der Waals surface area contributed by atoms with Gasteiger partial charge < -0.3 is 14.4 Å². The Kier molecular flexibility index (Phi) is 5.12. The van der Waals surface area contributed by atoms with E-state index in [0.29, 0.717) is 5.69 Å². The smallest absolute Gasteiger partial charge is 0.453 e. The highest BCUT2D eigenvalue weighted by molar-refractivity contribution is 5.51. The van der Waals surface area contributed by atoms with Gasteiger partial charge in [0.05, 0.1) is 5.92 Å². The van der Waals surface area contributed by atoms with E-state index >= 15 is 0 Å². The van der Waals surface area contributed by atoms with Crippen molar-refractivity contribution in [3.8, 4) is 17.2 Å². The van der Waals surface area contributed by atoms with Crippen molar-refractivity contribution in [2.75, 3.05) is 18.0 Å². The minimum absolute atomic E-state index is 0.0317. The third kappa shape index (κ3) is 4.99. The fourth-order valence-corrected chi connectivity index (χ4v) is 2.86. The van der Waals surface area contributed by atoms with E-state index in [4.69, 9.17) is 4.74 Å². The highest BCUT2D eigenvalue weighted by atomic mass is 19.4. The second-order valence-electron chi connectivity index (χ2n) is 6.06. The van der Waals surface area contributed by atoms with E-state index in [9.17, 15) is 26.3 Å². The molecule has 1 fully saturated rings. The molecule has 2 aromatic rings. The molecule has 1 saturated heterocycles. The predicted octanol–water partition coefficient (Wildman–Crippen LogP) is 5.77. The van der Waals surface area contributed by atoms with Crippen molar-refractivity contribution >= 4 is 5.69 Å². The van der Waals surface area contributed by atoms with E-state index in [-0.39, 0.29) is 31.0 Å². The number of alkyl halides is 6. The molecule has 3 nitrogen and oxygen atoms in total. The second-order valence-corrected chi connectivity index (χ2v) is 6.06. The molecule has 0 spiro atoms. The Balaban J connectivity index is 1.69. The molecule has 0 N–H and O–H groups in total. The Morgan fingerprint density at radius 1 is 0.852 bits per heavy atom. The Bertz CT molecular complexity index is 773. The Morgan fingerprint density at radius 3 is 2.04 bits per heavy atom. The molecular formula is C18H15F6NO2. The van der Waals surface area contributed by atoms with Gasteiger partial charge in [-0.25, -0.2) is 0 Å². The van der Waals surface area contributed by atoms with Gasteiger partial charge >= 0.3 is 12.5 Å². The molecule has 146 valence electrons. The topological polar surface area (TPSA) is 21.7 Å². The number of ether oxygens (including phenoxy) is 2. The zero-order valence-electron chi connectivity index (χ0n) is 13.8. The largest absolute Gasteiger partial charge is 0.573 e. The molecule has 1 aliphatic heterocycles. The van der Waals surface area contributed by atoms with Gasteiger partial charge in [-0.2, -0.15) is 13.2 Å². The summed E-state index contributed by atoms with van der Waals surface area (Å²) in [4.78, 5) is 1.61. The highest BCUT2D eigenvalue weighted by Crippen LogP contribution is 2.37. The standard InChI is InChI=1S/C18H15F6NO2/c19-17(20,21)12-9-10-25(11-12)13-5-7-14(8-6-13)26-15-3-1-2-4-16(15)27-18(22,23)24/h1-8,12H,9-11H2. The normalized spacial score (nSPS) is 17.9. The molecular weight excluding hydrogens is 376 g/mol. The Hall–Kier alpha value is -2.58.